The minimum Gasteiger partial charge on any atom is -0.496 e. The number of nitro groups is 1. The molecule has 1 aromatic carbocycles. The van der Waals surface area contributed by atoms with Gasteiger partial charge in [0.05, 0.1) is 22.5 Å². The zero-order valence-electron chi connectivity index (χ0n) is 18.5. The van der Waals surface area contributed by atoms with Crippen molar-refractivity contribution < 1.29 is 28.5 Å². The molecule has 2 saturated heterocycles. The summed E-state index contributed by atoms with van der Waals surface area (Å²) in [4.78, 5) is 51.3. The summed E-state index contributed by atoms with van der Waals surface area (Å²) in [5, 5.41) is 10.6. The number of furan rings is 1. The number of carbonyl (C=O) groups excluding carboxylic acids is 3. The van der Waals surface area contributed by atoms with Crippen molar-refractivity contribution in [1.29, 1.82) is 0 Å². The SMILES string of the molecule is COc1ccc([N+](=O)[O-])cc1-c1ccc(C=C2SC(=O)N(CC(=O)N3CCCCCC3)C2=O)o1. The summed E-state index contributed by atoms with van der Waals surface area (Å²) in [7, 11) is 1.44. The second kappa shape index (κ2) is 10.1. The molecule has 0 bridgehead atoms. The molecule has 3 heterocycles. The van der Waals surface area contributed by atoms with Crippen LogP contribution in [-0.2, 0) is 9.59 Å². The van der Waals surface area contributed by atoms with E-state index in [-0.39, 0.29) is 28.8 Å². The monoisotopic (exact) mass is 485 g/mol. The standard InChI is InChI=1S/C23H23N3O7S/c1-32-18-8-6-15(26(30)31)12-17(18)19-9-7-16(33-19)13-20-22(28)25(23(29)34-20)14-21(27)24-10-4-2-3-5-11-24/h6-9,12-13H,2-5,10-11,14H2,1H3. The van der Waals surface area contributed by atoms with Crippen LogP contribution < -0.4 is 4.74 Å². The van der Waals surface area contributed by atoms with Crippen LogP contribution in [0.1, 0.15) is 31.4 Å². The van der Waals surface area contributed by atoms with Gasteiger partial charge in [-0.15, -0.1) is 0 Å². The highest BCUT2D eigenvalue weighted by molar-refractivity contribution is 8.18. The van der Waals surface area contributed by atoms with Crippen LogP contribution in [0.2, 0.25) is 0 Å². The Balaban J connectivity index is 1.51. The van der Waals surface area contributed by atoms with Gasteiger partial charge < -0.3 is 14.1 Å². The maximum atomic E-state index is 12.8. The maximum absolute atomic E-state index is 12.8. The molecule has 2 aliphatic heterocycles. The lowest BCUT2D eigenvalue weighted by atomic mass is 10.1. The Hall–Kier alpha value is -3.60. The third kappa shape index (κ3) is 4.98. The summed E-state index contributed by atoms with van der Waals surface area (Å²) < 4.78 is 11.0. The average molecular weight is 486 g/mol. The van der Waals surface area contributed by atoms with Gasteiger partial charge in [-0.3, -0.25) is 29.4 Å². The van der Waals surface area contributed by atoms with Crippen LogP contribution in [0.25, 0.3) is 17.4 Å². The summed E-state index contributed by atoms with van der Waals surface area (Å²) >= 11 is 0.742. The molecule has 0 N–H and O–H groups in total. The van der Waals surface area contributed by atoms with Crippen LogP contribution in [0.5, 0.6) is 5.75 Å². The molecule has 0 spiro atoms. The Bertz CT molecular complexity index is 1170. The molecule has 3 amide bonds. The number of benzene rings is 1. The largest absolute Gasteiger partial charge is 0.496 e. The fourth-order valence-corrected chi connectivity index (χ4v) is 4.72. The van der Waals surface area contributed by atoms with Gasteiger partial charge >= 0.3 is 0 Å². The quantitative estimate of drug-likeness (QED) is 0.337. The molecule has 11 heteroatoms. The zero-order chi connectivity index (χ0) is 24.2. The van der Waals surface area contributed by atoms with Crippen molar-refractivity contribution in [3.05, 3.63) is 51.1 Å². The number of thioether (sulfide) groups is 1. The van der Waals surface area contributed by atoms with E-state index in [9.17, 15) is 24.5 Å². The van der Waals surface area contributed by atoms with Crippen molar-refractivity contribution in [2.45, 2.75) is 25.7 Å². The Morgan fingerprint density at radius 2 is 1.91 bits per heavy atom. The molecule has 0 unspecified atom stereocenters. The van der Waals surface area contributed by atoms with Gasteiger partial charge in [-0.2, -0.15) is 0 Å². The van der Waals surface area contributed by atoms with E-state index in [0.717, 1.165) is 42.3 Å². The lowest BCUT2D eigenvalue weighted by Crippen LogP contribution is -2.42. The minimum absolute atomic E-state index is 0.121. The Labute approximate surface area is 199 Å². The van der Waals surface area contributed by atoms with Gasteiger partial charge in [0.2, 0.25) is 5.91 Å². The Morgan fingerprint density at radius 1 is 1.18 bits per heavy atom. The number of carbonyl (C=O) groups is 3. The minimum atomic E-state index is -0.552. The zero-order valence-corrected chi connectivity index (χ0v) is 19.3. The first kappa shape index (κ1) is 23.6. The number of hydrogen-bond donors (Lipinski definition) is 0. The van der Waals surface area contributed by atoms with Crippen LogP contribution in [0.4, 0.5) is 10.5 Å². The van der Waals surface area contributed by atoms with Gasteiger partial charge in [-0.25, -0.2) is 0 Å². The van der Waals surface area contributed by atoms with Crippen molar-refractivity contribution in [3.8, 4) is 17.1 Å². The summed E-state index contributed by atoms with van der Waals surface area (Å²) in [6.07, 6.45) is 5.41. The number of hydrogen-bond acceptors (Lipinski definition) is 8. The molecule has 178 valence electrons. The van der Waals surface area contributed by atoms with Gasteiger partial charge in [0.1, 0.15) is 23.8 Å². The van der Waals surface area contributed by atoms with E-state index in [1.807, 2.05) is 0 Å². The Morgan fingerprint density at radius 3 is 2.59 bits per heavy atom. The topological polar surface area (TPSA) is 123 Å². The van der Waals surface area contributed by atoms with Crippen LogP contribution >= 0.6 is 11.8 Å². The lowest BCUT2D eigenvalue weighted by Gasteiger charge is -2.22. The molecule has 0 atom stereocenters. The van der Waals surface area contributed by atoms with E-state index in [1.54, 1.807) is 17.0 Å². The fourth-order valence-electron chi connectivity index (χ4n) is 3.90. The van der Waals surface area contributed by atoms with Gasteiger partial charge in [0, 0.05) is 31.3 Å². The molecule has 2 aromatic rings. The number of non-ortho nitro benzene ring substituents is 1. The van der Waals surface area contributed by atoms with Crippen LogP contribution in [0.3, 0.4) is 0 Å². The average Bonchev–Trinajstić information content (AvgIpc) is 3.25. The summed E-state index contributed by atoms with van der Waals surface area (Å²) in [6.45, 7) is 0.999. The second-order valence-electron chi connectivity index (χ2n) is 7.91. The molecule has 4 rings (SSSR count). The normalized spacial score (nSPS) is 17.9. The molecule has 0 radical (unpaired) electrons. The van der Waals surface area contributed by atoms with Gasteiger partial charge in [0.25, 0.3) is 16.8 Å². The first-order chi connectivity index (χ1) is 16.4. The first-order valence-electron chi connectivity index (χ1n) is 10.8. The molecule has 0 saturated carbocycles. The van der Waals surface area contributed by atoms with E-state index >= 15 is 0 Å². The number of amides is 3. The summed E-state index contributed by atoms with van der Waals surface area (Å²) in [5.74, 6) is 0.196. The van der Waals surface area contributed by atoms with Crippen molar-refractivity contribution >= 4 is 40.6 Å². The van der Waals surface area contributed by atoms with E-state index in [0.29, 0.717) is 30.2 Å². The highest BCUT2D eigenvalue weighted by Gasteiger charge is 2.37. The molecule has 0 aliphatic carbocycles. The summed E-state index contributed by atoms with van der Waals surface area (Å²) in [6, 6.07) is 7.33. The van der Waals surface area contributed by atoms with Crippen molar-refractivity contribution in [2.75, 3.05) is 26.7 Å². The highest BCUT2D eigenvalue weighted by atomic mass is 32.2. The first-order valence-corrected chi connectivity index (χ1v) is 11.6. The number of rotatable bonds is 6. The second-order valence-corrected chi connectivity index (χ2v) is 8.90. The predicted molar refractivity (Wildman–Crippen MR) is 125 cm³/mol. The smallest absolute Gasteiger partial charge is 0.294 e. The predicted octanol–water partition coefficient (Wildman–Crippen LogP) is 4.30. The number of nitro benzene ring substituents is 1. The van der Waals surface area contributed by atoms with E-state index in [2.05, 4.69) is 0 Å². The lowest BCUT2D eigenvalue weighted by molar-refractivity contribution is -0.384. The molecule has 34 heavy (non-hydrogen) atoms. The molecular weight excluding hydrogens is 462 g/mol. The van der Waals surface area contributed by atoms with Crippen LogP contribution in [0, 0.1) is 10.1 Å². The van der Waals surface area contributed by atoms with Crippen LogP contribution in [-0.4, -0.2) is 58.5 Å². The molecular formula is C23H23N3O7S. The number of likely N-dealkylation sites (tertiary alicyclic amines) is 1. The molecule has 2 aliphatic rings. The maximum Gasteiger partial charge on any atom is 0.294 e. The third-order valence-electron chi connectivity index (χ3n) is 5.69. The third-order valence-corrected chi connectivity index (χ3v) is 6.59. The molecule has 1 aromatic heterocycles. The van der Waals surface area contributed by atoms with E-state index in [1.165, 1.54) is 31.4 Å². The fraction of sp³-hybridized carbons (Fsp3) is 0.348. The highest BCUT2D eigenvalue weighted by Crippen LogP contribution is 2.36. The van der Waals surface area contributed by atoms with Gasteiger partial charge in [-0.1, -0.05) is 12.8 Å². The van der Waals surface area contributed by atoms with Crippen molar-refractivity contribution in [1.82, 2.24) is 9.80 Å². The van der Waals surface area contributed by atoms with Crippen molar-refractivity contribution in [2.24, 2.45) is 0 Å². The van der Waals surface area contributed by atoms with Crippen molar-refractivity contribution in [3.63, 3.8) is 0 Å². The van der Waals surface area contributed by atoms with Gasteiger partial charge in [-0.05, 0) is 42.8 Å². The molecule has 2 fully saturated rings. The Kier molecular flexibility index (Phi) is 7.01. The van der Waals surface area contributed by atoms with Crippen LogP contribution in [0.15, 0.2) is 39.7 Å². The number of methoxy groups -OCH3 is 1. The number of imide groups is 1. The van der Waals surface area contributed by atoms with Gasteiger partial charge in [0.15, 0.2) is 0 Å². The van der Waals surface area contributed by atoms with E-state index < -0.39 is 16.1 Å². The number of ether oxygens (including phenoxy) is 1. The van der Waals surface area contributed by atoms with E-state index in [4.69, 9.17) is 9.15 Å². The molecule has 10 nitrogen and oxygen atoms in total. The number of nitrogens with zero attached hydrogens (tertiary/aromatic N) is 3. The summed E-state index contributed by atoms with van der Waals surface area (Å²) in [5.41, 5.74) is 0.261.